The number of anilines is 1. The molecule has 1 saturated carbocycles. The summed E-state index contributed by atoms with van der Waals surface area (Å²) in [6.45, 7) is 2.01. The first-order chi connectivity index (χ1) is 18.5. The Hall–Kier alpha value is -4.38. The zero-order chi connectivity index (χ0) is 26.2. The standard InChI is InChI=1S/C33H27FN2O2/c1-21-15-17-22(18-16-21)32-31-28(19-24(20-30(31)37)25-11-5-6-12-26(25)34)35-27-13-7-8-14-29(27)36(32)33(38)23-9-3-2-4-10-23/h2-18,24,31-32H,19-20H2,1H3/t24-,31-,32+/m0/s1. The zero-order valence-corrected chi connectivity index (χ0v) is 21.1. The van der Waals surface area contributed by atoms with Crippen molar-refractivity contribution >= 4 is 28.8 Å². The Kier molecular flexibility index (Phi) is 6.20. The van der Waals surface area contributed by atoms with E-state index in [9.17, 15) is 14.0 Å². The van der Waals surface area contributed by atoms with E-state index < -0.39 is 12.0 Å². The van der Waals surface area contributed by atoms with Gasteiger partial charge in [-0.05, 0) is 60.7 Å². The molecule has 5 heteroatoms. The van der Waals surface area contributed by atoms with Crippen molar-refractivity contribution in [2.45, 2.75) is 31.7 Å². The lowest BCUT2D eigenvalue weighted by molar-refractivity contribution is -0.122. The van der Waals surface area contributed by atoms with Gasteiger partial charge in [0.25, 0.3) is 5.91 Å². The smallest absolute Gasteiger partial charge is 0.258 e. The van der Waals surface area contributed by atoms with E-state index in [-0.39, 0.29) is 29.8 Å². The monoisotopic (exact) mass is 502 g/mol. The van der Waals surface area contributed by atoms with Gasteiger partial charge in [-0.1, -0.05) is 78.4 Å². The summed E-state index contributed by atoms with van der Waals surface area (Å²) in [5.74, 6) is -1.48. The number of aryl methyl sites for hydroxylation is 1. The lowest BCUT2D eigenvalue weighted by Gasteiger charge is -2.39. The van der Waals surface area contributed by atoms with Crippen LogP contribution in [0.2, 0.25) is 0 Å². The Morgan fingerprint density at radius 3 is 2.29 bits per heavy atom. The molecule has 4 aromatic carbocycles. The zero-order valence-electron chi connectivity index (χ0n) is 21.1. The predicted octanol–water partition coefficient (Wildman–Crippen LogP) is 7.37. The van der Waals surface area contributed by atoms with Gasteiger partial charge in [-0.2, -0.15) is 0 Å². The second-order valence-corrected chi connectivity index (χ2v) is 10.1. The van der Waals surface area contributed by atoms with E-state index in [0.717, 1.165) is 11.1 Å². The summed E-state index contributed by atoms with van der Waals surface area (Å²) in [6, 6.07) is 30.7. The number of halogens is 1. The second-order valence-electron chi connectivity index (χ2n) is 10.1. The second kappa shape index (κ2) is 9.82. The Morgan fingerprint density at radius 2 is 1.53 bits per heavy atom. The summed E-state index contributed by atoms with van der Waals surface area (Å²) < 4.78 is 14.8. The molecule has 0 spiro atoms. The quantitative estimate of drug-likeness (QED) is 0.294. The molecule has 0 N–H and O–H groups in total. The molecule has 4 nitrogen and oxygen atoms in total. The SMILES string of the molecule is Cc1ccc([C@@H]2[C@@H]3C(=O)C[C@@H](c4ccccc4F)CC3=Nc3ccccc3N2C(=O)c2ccccc2)cc1. The fourth-order valence-corrected chi connectivity index (χ4v) is 5.78. The fraction of sp³-hybridized carbons (Fsp3) is 0.182. The van der Waals surface area contributed by atoms with Crippen molar-refractivity contribution in [1.82, 2.24) is 0 Å². The molecule has 3 atom stereocenters. The van der Waals surface area contributed by atoms with Gasteiger partial charge in [-0.3, -0.25) is 19.5 Å². The van der Waals surface area contributed by atoms with Gasteiger partial charge in [0.2, 0.25) is 0 Å². The number of nitrogens with zero attached hydrogens (tertiary/aromatic N) is 2. The van der Waals surface area contributed by atoms with Crippen molar-refractivity contribution in [3.8, 4) is 0 Å². The van der Waals surface area contributed by atoms with Crippen molar-refractivity contribution in [2.75, 3.05) is 4.90 Å². The van der Waals surface area contributed by atoms with Gasteiger partial charge >= 0.3 is 0 Å². The number of Topliss-reactive ketones (excluding diaryl/α,β-unsaturated/α-hetero) is 1. The van der Waals surface area contributed by atoms with Gasteiger partial charge in [0.1, 0.15) is 11.6 Å². The third-order valence-electron chi connectivity index (χ3n) is 7.61. The van der Waals surface area contributed by atoms with Crippen molar-refractivity contribution in [3.05, 3.63) is 131 Å². The molecular formula is C33H27FN2O2. The maximum absolute atomic E-state index is 14.8. The van der Waals surface area contributed by atoms with Crippen LogP contribution in [0.15, 0.2) is 108 Å². The molecule has 1 amide bonds. The molecule has 1 fully saturated rings. The molecule has 0 aromatic heterocycles. The van der Waals surface area contributed by atoms with Gasteiger partial charge < -0.3 is 0 Å². The maximum Gasteiger partial charge on any atom is 0.258 e. The largest absolute Gasteiger partial charge is 0.299 e. The van der Waals surface area contributed by atoms with Crippen LogP contribution in [0.1, 0.15) is 51.8 Å². The number of hydrogen-bond acceptors (Lipinski definition) is 3. The first-order valence-corrected chi connectivity index (χ1v) is 12.9. The van der Waals surface area contributed by atoms with Crippen LogP contribution in [0.3, 0.4) is 0 Å². The average molecular weight is 503 g/mol. The highest BCUT2D eigenvalue weighted by molar-refractivity contribution is 6.15. The van der Waals surface area contributed by atoms with Gasteiger partial charge in [-0.15, -0.1) is 0 Å². The number of aliphatic imine (C=N–C) groups is 1. The molecule has 1 heterocycles. The number of benzene rings is 4. The van der Waals surface area contributed by atoms with Crippen LogP contribution in [0.4, 0.5) is 15.8 Å². The number of fused-ring (bicyclic) bond motifs is 2. The first-order valence-electron chi connectivity index (χ1n) is 12.9. The molecule has 0 bridgehead atoms. The van der Waals surface area contributed by atoms with Gasteiger partial charge in [0, 0.05) is 17.7 Å². The summed E-state index contributed by atoms with van der Waals surface area (Å²) in [5.41, 5.74) is 5.01. The van der Waals surface area contributed by atoms with E-state index in [2.05, 4.69) is 0 Å². The Morgan fingerprint density at radius 1 is 0.842 bits per heavy atom. The van der Waals surface area contributed by atoms with Crippen molar-refractivity contribution in [2.24, 2.45) is 10.9 Å². The number of ketones is 1. The summed E-state index contributed by atoms with van der Waals surface area (Å²) in [6.07, 6.45) is 0.637. The van der Waals surface area contributed by atoms with Crippen LogP contribution in [0, 0.1) is 18.7 Å². The Labute approximate surface area is 221 Å². The summed E-state index contributed by atoms with van der Waals surface area (Å²) >= 11 is 0. The number of rotatable bonds is 3. The molecule has 1 aliphatic heterocycles. The molecular weight excluding hydrogens is 475 g/mol. The van der Waals surface area contributed by atoms with E-state index in [1.165, 1.54) is 6.07 Å². The number of para-hydroxylation sites is 2. The minimum atomic E-state index is -0.638. The third-order valence-corrected chi connectivity index (χ3v) is 7.61. The highest BCUT2D eigenvalue weighted by Crippen LogP contribution is 2.48. The molecule has 0 radical (unpaired) electrons. The van der Waals surface area contributed by atoms with Crippen LogP contribution in [0.5, 0.6) is 0 Å². The number of amides is 1. The first kappa shape index (κ1) is 24.0. The lowest BCUT2D eigenvalue weighted by Crippen LogP contribution is -2.45. The van der Waals surface area contributed by atoms with Gasteiger partial charge in [0.05, 0.1) is 23.3 Å². The molecule has 0 saturated heterocycles. The van der Waals surface area contributed by atoms with Crippen LogP contribution in [-0.2, 0) is 4.79 Å². The van der Waals surface area contributed by atoms with Crippen LogP contribution in [-0.4, -0.2) is 17.4 Å². The Balaban J connectivity index is 1.54. The third kappa shape index (κ3) is 4.24. The van der Waals surface area contributed by atoms with Crippen molar-refractivity contribution in [1.29, 1.82) is 0 Å². The van der Waals surface area contributed by atoms with Gasteiger partial charge in [-0.25, -0.2) is 4.39 Å². The van der Waals surface area contributed by atoms with Crippen LogP contribution < -0.4 is 4.90 Å². The summed E-state index contributed by atoms with van der Waals surface area (Å²) in [7, 11) is 0. The molecule has 0 unspecified atom stereocenters. The number of carbonyl (C=O) groups is 2. The van der Waals surface area contributed by atoms with Crippen molar-refractivity contribution < 1.29 is 14.0 Å². The average Bonchev–Trinajstić information content (AvgIpc) is 3.08. The topological polar surface area (TPSA) is 49.7 Å². The summed E-state index contributed by atoms with van der Waals surface area (Å²) in [5, 5.41) is 0. The fourth-order valence-electron chi connectivity index (χ4n) is 5.78. The molecule has 6 rings (SSSR count). The highest BCUT2D eigenvalue weighted by atomic mass is 19.1. The highest BCUT2D eigenvalue weighted by Gasteiger charge is 2.46. The van der Waals surface area contributed by atoms with Crippen LogP contribution >= 0.6 is 0 Å². The molecule has 188 valence electrons. The van der Waals surface area contributed by atoms with Crippen molar-refractivity contribution in [3.63, 3.8) is 0 Å². The van der Waals surface area contributed by atoms with Gasteiger partial charge in [0.15, 0.2) is 0 Å². The minimum Gasteiger partial charge on any atom is -0.299 e. The predicted molar refractivity (Wildman–Crippen MR) is 148 cm³/mol. The molecule has 4 aromatic rings. The number of carbonyl (C=O) groups excluding carboxylic acids is 2. The van der Waals surface area contributed by atoms with E-state index in [1.807, 2.05) is 73.7 Å². The molecule has 2 aliphatic rings. The summed E-state index contributed by atoms with van der Waals surface area (Å²) in [4.78, 5) is 35.0. The Bertz CT molecular complexity index is 1550. The van der Waals surface area contributed by atoms with E-state index in [4.69, 9.17) is 4.99 Å². The van der Waals surface area contributed by atoms with E-state index >= 15 is 0 Å². The maximum atomic E-state index is 14.8. The molecule has 1 aliphatic carbocycles. The van der Waals surface area contributed by atoms with E-state index in [0.29, 0.717) is 34.6 Å². The minimum absolute atomic E-state index is 0.0347. The lowest BCUT2D eigenvalue weighted by atomic mass is 9.72. The van der Waals surface area contributed by atoms with Crippen LogP contribution in [0.25, 0.3) is 0 Å². The normalized spacial score (nSPS) is 20.7. The van der Waals surface area contributed by atoms with E-state index in [1.54, 1.807) is 35.2 Å². The molecule has 38 heavy (non-hydrogen) atoms. The number of hydrogen-bond donors (Lipinski definition) is 0.